The number of piperazine rings is 1. The first kappa shape index (κ1) is 14.7. The molecular weight excluding hydrogens is 310 g/mol. The van der Waals surface area contributed by atoms with Gasteiger partial charge in [0.25, 0.3) is 11.5 Å². The van der Waals surface area contributed by atoms with E-state index in [2.05, 4.69) is 0 Å². The second-order valence-corrected chi connectivity index (χ2v) is 6.16. The largest absolute Gasteiger partial charge is 0.447 e. The zero-order valence-electron chi connectivity index (χ0n) is 13.3. The van der Waals surface area contributed by atoms with Crippen LogP contribution in [0.2, 0.25) is 0 Å². The Morgan fingerprint density at radius 2 is 2.00 bits per heavy atom. The van der Waals surface area contributed by atoms with E-state index in [0.29, 0.717) is 26.2 Å². The number of fused-ring (bicyclic) bond motifs is 2. The summed E-state index contributed by atoms with van der Waals surface area (Å²) in [6.45, 7) is 1.52. The number of para-hydroxylation sites is 1. The van der Waals surface area contributed by atoms with Crippen LogP contribution in [0.1, 0.15) is 10.4 Å². The highest BCUT2D eigenvalue weighted by Crippen LogP contribution is 2.20. The lowest BCUT2D eigenvalue weighted by atomic mass is 10.1. The van der Waals surface area contributed by atoms with Crippen LogP contribution in [0.25, 0.3) is 10.9 Å². The zero-order valence-corrected chi connectivity index (χ0v) is 13.3. The van der Waals surface area contributed by atoms with Gasteiger partial charge < -0.3 is 14.2 Å². The fourth-order valence-corrected chi connectivity index (χ4v) is 3.42. The molecular formula is C17H17N3O4. The summed E-state index contributed by atoms with van der Waals surface area (Å²) < 4.78 is 6.52. The third kappa shape index (κ3) is 2.16. The lowest BCUT2D eigenvalue weighted by Gasteiger charge is -2.35. The zero-order chi connectivity index (χ0) is 16.8. The number of benzene rings is 1. The number of carbonyl (C=O) groups is 2. The first-order chi connectivity index (χ1) is 11.6. The third-order valence-corrected chi connectivity index (χ3v) is 4.77. The molecule has 1 atom stereocenters. The minimum Gasteiger partial charge on any atom is -0.447 e. The van der Waals surface area contributed by atoms with Crippen LogP contribution in [0, 0.1) is 0 Å². The summed E-state index contributed by atoms with van der Waals surface area (Å²) >= 11 is 0. The van der Waals surface area contributed by atoms with Gasteiger partial charge in [-0.3, -0.25) is 14.5 Å². The Balaban J connectivity index is 1.68. The van der Waals surface area contributed by atoms with E-state index in [0.717, 1.165) is 10.9 Å². The van der Waals surface area contributed by atoms with Crippen LogP contribution in [0.5, 0.6) is 0 Å². The Morgan fingerprint density at radius 1 is 1.21 bits per heavy atom. The van der Waals surface area contributed by atoms with Crippen LogP contribution < -0.4 is 5.56 Å². The number of carbonyl (C=O) groups excluding carboxylic acids is 2. The van der Waals surface area contributed by atoms with Crippen molar-refractivity contribution < 1.29 is 14.3 Å². The molecule has 0 aliphatic carbocycles. The minimum absolute atomic E-state index is 0.125. The lowest BCUT2D eigenvalue weighted by molar-refractivity contribution is 0.0615. The van der Waals surface area contributed by atoms with Gasteiger partial charge in [0.15, 0.2) is 0 Å². The van der Waals surface area contributed by atoms with E-state index in [1.165, 1.54) is 4.57 Å². The maximum Gasteiger partial charge on any atom is 0.410 e. The molecule has 2 aliphatic rings. The molecule has 24 heavy (non-hydrogen) atoms. The number of nitrogens with zero attached hydrogens (tertiary/aromatic N) is 3. The van der Waals surface area contributed by atoms with Gasteiger partial charge in [-0.2, -0.15) is 0 Å². The molecule has 0 N–H and O–H groups in total. The maximum absolute atomic E-state index is 12.9. The summed E-state index contributed by atoms with van der Waals surface area (Å²) in [5.74, 6) is -0.291. The lowest BCUT2D eigenvalue weighted by Crippen LogP contribution is -2.54. The molecule has 0 radical (unpaired) electrons. The number of rotatable bonds is 1. The Hall–Kier alpha value is -2.83. The van der Waals surface area contributed by atoms with Crippen molar-refractivity contribution in [3.8, 4) is 0 Å². The van der Waals surface area contributed by atoms with E-state index in [9.17, 15) is 14.4 Å². The SMILES string of the molecule is Cn1c(=O)c(C(=O)N2CCN3C(=O)OC[C@@H]3C2)cc2ccccc21. The van der Waals surface area contributed by atoms with Crippen molar-refractivity contribution in [2.75, 3.05) is 26.2 Å². The highest BCUT2D eigenvalue weighted by Gasteiger charge is 2.39. The van der Waals surface area contributed by atoms with Gasteiger partial charge in [0, 0.05) is 26.7 Å². The molecule has 1 aromatic heterocycles. The topological polar surface area (TPSA) is 71.9 Å². The number of hydrogen-bond donors (Lipinski definition) is 0. The van der Waals surface area contributed by atoms with E-state index in [1.807, 2.05) is 24.3 Å². The fourth-order valence-electron chi connectivity index (χ4n) is 3.42. The second-order valence-electron chi connectivity index (χ2n) is 6.16. The Kier molecular flexibility index (Phi) is 3.30. The molecule has 2 aliphatic heterocycles. The van der Waals surface area contributed by atoms with Crippen LogP contribution >= 0.6 is 0 Å². The summed E-state index contributed by atoms with van der Waals surface area (Å²) in [7, 11) is 1.67. The Morgan fingerprint density at radius 3 is 2.83 bits per heavy atom. The van der Waals surface area contributed by atoms with Gasteiger partial charge in [-0.1, -0.05) is 18.2 Å². The van der Waals surface area contributed by atoms with Gasteiger partial charge in [-0.15, -0.1) is 0 Å². The smallest absolute Gasteiger partial charge is 0.410 e. The van der Waals surface area contributed by atoms with E-state index in [-0.39, 0.29) is 29.2 Å². The first-order valence-electron chi connectivity index (χ1n) is 7.87. The second kappa shape index (κ2) is 5.36. The number of aryl methyl sites for hydroxylation is 1. The molecule has 4 rings (SSSR count). The van der Waals surface area contributed by atoms with E-state index >= 15 is 0 Å². The first-order valence-corrected chi connectivity index (χ1v) is 7.87. The number of ether oxygens (including phenoxy) is 1. The van der Waals surface area contributed by atoms with Crippen molar-refractivity contribution in [3.63, 3.8) is 0 Å². The minimum atomic E-state index is -0.325. The molecule has 124 valence electrons. The van der Waals surface area contributed by atoms with Crippen molar-refractivity contribution in [2.24, 2.45) is 7.05 Å². The Labute approximate surface area is 138 Å². The molecule has 1 aromatic carbocycles. The molecule has 2 aromatic rings. The highest BCUT2D eigenvalue weighted by molar-refractivity contribution is 5.97. The van der Waals surface area contributed by atoms with Crippen molar-refractivity contribution in [2.45, 2.75) is 6.04 Å². The average Bonchev–Trinajstić information content (AvgIpc) is 2.98. The summed E-state index contributed by atoms with van der Waals surface area (Å²) in [5.41, 5.74) is 0.647. The Bertz CT molecular complexity index is 904. The molecule has 2 saturated heterocycles. The summed E-state index contributed by atoms with van der Waals surface area (Å²) in [4.78, 5) is 40.2. The van der Waals surface area contributed by atoms with Gasteiger partial charge in [0.05, 0.1) is 11.6 Å². The normalized spacial score (nSPS) is 20.2. The van der Waals surface area contributed by atoms with Crippen LogP contribution in [0.4, 0.5) is 4.79 Å². The summed E-state index contributed by atoms with van der Waals surface area (Å²) in [6.07, 6.45) is -0.325. The monoisotopic (exact) mass is 327 g/mol. The van der Waals surface area contributed by atoms with E-state index in [1.54, 1.807) is 22.9 Å². The number of hydrogen-bond acceptors (Lipinski definition) is 4. The number of aromatic nitrogens is 1. The maximum atomic E-state index is 12.9. The molecule has 0 saturated carbocycles. The van der Waals surface area contributed by atoms with Gasteiger partial charge in [0.1, 0.15) is 12.2 Å². The van der Waals surface area contributed by atoms with Gasteiger partial charge in [-0.25, -0.2) is 4.79 Å². The number of pyridine rings is 1. The molecule has 2 fully saturated rings. The molecule has 3 heterocycles. The van der Waals surface area contributed by atoms with Crippen LogP contribution in [0.15, 0.2) is 35.1 Å². The van der Waals surface area contributed by atoms with Crippen LogP contribution in [0.3, 0.4) is 0 Å². The molecule has 7 heteroatoms. The van der Waals surface area contributed by atoms with Gasteiger partial charge in [0.2, 0.25) is 0 Å². The molecule has 7 nitrogen and oxygen atoms in total. The quantitative estimate of drug-likeness (QED) is 0.777. The number of cyclic esters (lactones) is 1. The predicted molar refractivity (Wildman–Crippen MR) is 86.9 cm³/mol. The molecule has 0 unspecified atom stereocenters. The molecule has 0 bridgehead atoms. The van der Waals surface area contributed by atoms with Crippen molar-refractivity contribution in [1.82, 2.24) is 14.4 Å². The van der Waals surface area contributed by atoms with Gasteiger partial charge in [-0.05, 0) is 17.5 Å². The fraction of sp³-hybridized carbons (Fsp3) is 0.353. The highest BCUT2D eigenvalue weighted by atomic mass is 16.6. The number of amides is 2. The standard InChI is InChI=1S/C17H17N3O4/c1-18-14-5-3-2-4-11(14)8-13(15(18)21)16(22)19-6-7-20-12(9-19)10-24-17(20)23/h2-5,8,12H,6-7,9-10H2,1H3/t12-/m0/s1. The van der Waals surface area contributed by atoms with Crippen molar-refractivity contribution in [1.29, 1.82) is 0 Å². The predicted octanol–water partition coefficient (Wildman–Crippen LogP) is 0.815. The summed E-state index contributed by atoms with van der Waals surface area (Å²) in [5, 5.41) is 0.848. The van der Waals surface area contributed by atoms with Crippen molar-refractivity contribution >= 4 is 22.9 Å². The van der Waals surface area contributed by atoms with Crippen LogP contribution in [-0.2, 0) is 11.8 Å². The average molecular weight is 327 g/mol. The van der Waals surface area contributed by atoms with E-state index < -0.39 is 0 Å². The third-order valence-electron chi connectivity index (χ3n) is 4.77. The van der Waals surface area contributed by atoms with Gasteiger partial charge >= 0.3 is 6.09 Å². The van der Waals surface area contributed by atoms with Crippen molar-refractivity contribution in [3.05, 3.63) is 46.2 Å². The molecule has 0 spiro atoms. The molecule has 2 amide bonds. The van der Waals surface area contributed by atoms with Crippen LogP contribution in [-0.4, -0.2) is 58.7 Å². The van der Waals surface area contributed by atoms with E-state index in [4.69, 9.17) is 4.74 Å². The summed E-state index contributed by atoms with van der Waals surface area (Å²) in [6, 6.07) is 9.00.